The maximum atomic E-state index is 12.9. The zero-order valence-corrected chi connectivity index (χ0v) is 21.8. The number of nitrogens with zero attached hydrogens (tertiary/aromatic N) is 4. The zero-order chi connectivity index (χ0) is 24.7. The van der Waals surface area contributed by atoms with Crippen molar-refractivity contribution in [1.82, 2.24) is 20.4 Å². The van der Waals surface area contributed by atoms with E-state index in [9.17, 15) is 4.79 Å². The number of amides is 1. The van der Waals surface area contributed by atoms with Crippen molar-refractivity contribution in [3.05, 3.63) is 77.9 Å². The number of aryl methyl sites for hydroxylation is 1. The Hall–Kier alpha value is -2.90. The first-order valence-electron chi connectivity index (χ1n) is 13.0. The Morgan fingerprint density at radius 3 is 2.28 bits per heavy atom. The normalized spacial score (nSPS) is 17.8. The lowest BCUT2D eigenvalue weighted by Gasteiger charge is -2.35. The molecule has 1 aromatic heterocycles. The number of likely N-dealkylation sites (tertiary alicyclic amines) is 1. The van der Waals surface area contributed by atoms with E-state index in [4.69, 9.17) is 0 Å². The number of carbonyl (C=O) groups excluding carboxylic acids is 1. The van der Waals surface area contributed by atoms with Gasteiger partial charge in [0.15, 0.2) is 5.82 Å². The highest BCUT2D eigenvalue weighted by Crippen LogP contribution is 2.28. The van der Waals surface area contributed by atoms with Gasteiger partial charge in [-0.05, 0) is 62.4 Å². The summed E-state index contributed by atoms with van der Waals surface area (Å²) >= 11 is 1.62. The van der Waals surface area contributed by atoms with Gasteiger partial charge in [-0.3, -0.25) is 9.69 Å². The standard InChI is InChI=1S/C29H35N5OS/c1-22-7-9-26(10-8-22)36-28-12-11-27(31-32-28)34-19-13-24(14-20-34)29(35)30-25-15-17-33(18-16-25)21-23-5-3-2-4-6-23/h2-12,24-25H,13-21H2,1H3,(H,30,35). The van der Waals surface area contributed by atoms with Crippen molar-refractivity contribution in [2.45, 2.75) is 55.1 Å². The summed E-state index contributed by atoms with van der Waals surface area (Å²) in [7, 11) is 0. The molecule has 188 valence electrons. The van der Waals surface area contributed by atoms with E-state index in [0.717, 1.165) is 74.1 Å². The number of carbonyl (C=O) groups is 1. The van der Waals surface area contributed by atoms with Crippen LogP contribution in [0.4, 0.5) is 5.82 Å². The molecular formula is C29H35N5OS. The van der Waals surface area contributed by atoms with E-state index in [2.05, 4.69) is 86.8 Å². The summed E-state index contributed by atoms with van der Waals surface area (Å²) in [5.74, 6) is 1.22. The van der Waals surface area contributed by atoms with Crippen LogP contribution in [-0.2, 0) is 11.3 Å². The van der Waals surface area contributed by atoms with Crippen molar-refractivity contribution < 1.29 is 4.79 Å². The van der Waals surface area contributed by atoms with Crippen molar-refractivity contribution in [1.29, 1.82) is 0 Å². The van der Waals surface area contributed by atoms with Crippen LogP contribution in [0.15, 0.2) is 76.7 Å². The fraction of sp³-hybridized carbons (Fsp3) is 0.414. The van der Waals surface area contributed by atoms with Gasteiger partial charge in [0.05, 0.1) is 0 Å². The molecule has 6 nitrogen and oxygen atoms in total. The molecule has 5 rings (SSSR count). The summed E-state index contributed by atoms with van der Waals surface area (Å²) < 4.78 is 0. The molecule has 3 aromatic rings. The van der Waals surface area contributed by atoms with E-state index in [1.54, 1.807) is 11.8 Å². The number of hydrogen-bond acceptors (Lipinski definition) is 6. The fourth-order valence-electron chi connectivity index (χ4n) is 5.03. The number of piperidine rings is 2. The monoisotopic (exact) mass is 501 g/mol. The molecule has 2 fully saturated rings. The van der Waals surface area contributed by atoms with Crippen LogP contribution in [0.5, 0.6) is 0 Å². The Labute approximate surface area is 218 Å². The summed E-state index contributed by atoms with van der Waals surface area (Å²) in [6.07, 6.45) is 3.78. The summed E-state index contributed by atoms with van der Waals surface area (Å²) in [5.41, 5.74) is 2.61. The Balaban J connectivity index is 1.04. The molecule has 0 saturated carbocycles. The van der Waals surface area contributed by atoms with E-state index >= 15 is 0 Å². The first-order chi connectivity index (χ1) is 17.6. The molecule has 3 heterocycles. The number of nitrogens with one attached hydrogen (secondary N) is 1. The van der Waals surface area contributed by atoms with Crippen molar-refractivity contribution in [3.8, 4) is 0 Å². The van der Waals surface area contributed by atoms with Crippen molar-refractivity contribution >= 4 is 23.5 Å². The molecule has 7 heteroatoms. The quantitative estimate of drug-likeness (QED) is 0.495. The zero-order valence-electron chi connectivity index (χ0n) is 21.0. The fourth-order valence-corrected chi connectivity index (χ4v) is 5.76. The first kappa shape index (κ1) is 24.8. The van der Waals surface area contributed by atoms with Crippen LogP contribution in [0.1, 0.15) is 36.8 Å². The maximum absolute atomic E-state index is 12.9. The van der Waals surface area contributed by atoms with E-state index in [1.165, 1.54) is 11.1 Å². The molecule has 2 aliphatic heterocycles. The van der Waals surface area contributed by atoms with Gasteiger partial charge in [-0.1, -0.05) is 59.8 Å². The van der Waals surface area contributed by atoms with Gasteiger partial charge >= 0.3 is 0 Å². The summed E-state index contributed by atoms with van der Waals surface area (Å²) in [6.45, 7) is 6.84. The first-order valence-corrected chi connectivity index (χ1v) is 13.8. The van der Waals surface area contributed by atoms with Crippen LogP contribution in [0.25, 0.3) is 0 Å². The lowest BCUT2D eigenvalue weighted by molar-refractivity contribution is -0.126. The molecule has 1 amide bonds. The van der Waals surface area contributed by atoms with Gasteiger partial charge < -0.3 is 10.2 Å². The van der Waals surface area contributed by atoms with Gasteiger partial charge in [0.2, 0.25) is 5.91 Å². The third-order valence-corrected chi connectivity index (χ3v) is 8.18. The van der Waals surface area contributed by atoms with Gasteiger partial charge in [0.1, 0.15) is 5.03 Å². The molecule has 0 radical (unpaired) electrons. The molecule has 1 N–H and O–H groups in total. The smallest absolute Gasteiger partial charge is 0.223 e. The second kappa shape index (κ2) is 11.9. The lowest BCUT2D eigenvalue weighted by atomic mass is 9.94. The molecule has 36 heavy (non-hydrogen) atoms. The second-order valence-electron chi connectivity index (χ2n) is 9.95. The van der Waals surface area contributed by atoms with Crippen molar-refractivity contribution in [2.24, 2.45) is 5.92 Å². The molecule has 2 aliphatic rings. The van der Waals surface area contributed by atoms with Crippen LogP contribution >= 0.6 is 11.8 Å². The highest BCUT2D eigenvalue weighted by Gasteiger charge is 2.28. The molecule has 0 spiro atoms. The number of benzene rings is 2. The Morgan fingerprint density at radius 1 is 0.889 bits per heavy atom. The average Bonchev–Trinajstić information content (AvgIpc) is 2.92. The SMILES string of the molecule is Cc1ccc(Sc2ccc(N3CCC(C(=O)NC4CCN(Cc5ccccc5)CC4)CC3)nn2)cc1. The molecule has 0 unspecified atom stereocenters. The summed E-state index contributed by atoms with van der Waals surface area (Å²) in [5, 5.41) is 13.1. The van der Waals surface area contributed by atoms with Gasteiger partial charge in [-0.15, -0.1) is 10.2 Å². The highest BCUT2D eigenvalue weighted by molar-refractivity contribution is 7.99. The van der Waals surface area contributed by atoms with Gasteiger partial charge in [0.25, 0.3) is 0 Å². The minimum absolute atomic E-state index is 0.0907. The van der Waals surface area contributed by atoms with Gasteiger partial charge in [0, 0.05) is 49.6 Å². The molecule has 2 aromatic carbocycles. The van der Waals surface area contributed by atoms with Gasteiger partial charge in [-0.25, -0.2) is 0 Å². The Kier molecular flexibility index (Phi) is 8.18. The third kappa shape index (κ3) is 6.65. The third-order valence-electron chi connectivity index (χ3n) is 7.24. The highest BCUT2D eigenvalue weighted by atomic mass is 32.2. The topological polar surface area (TPSA) is 61.4 Å². The van der Waals surface area contributed by atoms with E-state index in [-0.39, 0.29) is 11.8 Å². The molecule has 0 aliphatic carbocycles. The van der Waals surface area contributed by atoms with Crippen LogP contribution in [0.3, 0.4) is 0 Å². The van der Waals surface area contributed by atoms with Crippen LogP contribution < -0.4 is 10.2 Å². The predicted molar refractivity (Wildman–Crippen MR) is 145 cm³/mol. The average molecular weight is 502 g/mol. The summed E-state index contributed by atoms with van der Waals surface area (Å²) in [6, 6.07) is 23.5. The van der Waals surface area contributed by atoms with Crippen LogP contribution in [0, 0.1) is 12.8 Å². The minimum Gasteiger partial charge on any atom is -0.355 e. The number of rotatable bonds is 7. The van der Waals surface area contributed by atoms with Crippen molar-refractivity contribution in [2.75, 3.05) is 31.1 Å². The molecular weight excluding hydrogens is 466 g/mol. The van der Waals surface area contributed by atoms with Crippen molar-refractivity contribution in [3.63, 3.8) is 0 Å². The lowest BCUT2D eigenvalue weighted by Crippen LogP contribution is -2.48. The van der Waals surface area contributed by atoms with E-state index in [1.807, 2.05) is 12.1 Å². The van der Waals surface area contributed by atoms with Gasteiger partial charge in [-0.2, -0.15) is 0 Å². The number of anilines is 1. The number of aromatic nitrogens is 2. The Bertz CT molecular complexity index is 1110. The van der Waals surface area contributed by atoms with Crippen LogP contribution in [-0.4, -0.2) is 53.2 Å². The minimum atomic E-state index is 0.0907. The second-order valence-corrected chi connectivity index (χ2v) is 11.0. The van der Waals surface area contributed by atoms with E-state index < -0.39 is 0 Å². The number of hydrogen-bond donors (Lipinski definition) is 1. The van der Waals surface area contributed by atoms with Crippen LogP contribution in [0.2, 0.25) is 0 Å². The molecule has 0 bridgehead atoms. The predicted octanol–water partition coefficient (Wildman–Crippen LogP) is 4.93. The summed E-state index contributed by atoms with van der Waals surface area (Å²) in [4.78, 5) is 18.8. The Morgan fingerprint density at radius 2 is 1.61 bits per heavy atom. The molecule has 0 atom stereocenters. The largest absolute Gasteiger partial charge is 0.355 e. The maximum Gasteiger partial charge on any atom is 0.223 e. The molecule has 2 saturated heterocycles. The van der Waals surface area contributed by atoms with E-state index in [0.29, 0.717) is 6.04 Å².